The lowest BCUT2D eigenvalue weighted by Crippen LogP contribution is -2.06. The maximum atomic E-state index is 4.57. The third-order valence-corrected chi connectivity index (χ3v) is 4.97. The number of aryl methyl sites for hydroxylation is 1. The van der Waals surface area contributed by atoms with Crippen molar-refractivity contribution < 1.29 is 0 Å². The molecule has 0 amide bonds. The van der Waals surface area contributed by atoms with Gasteiger partial charge in [-0.3, -0.25) is 0 Å². The lowest BCUT2D eigenvalue weighted by molar-refractivity contribution is 0.687. The zero-order valence-electron chi connectivity index (χ0n) is 12.2. The molecule has 0 saturated heterocycles. The fourth-order valence-electron chi connectivity index (χ4n) is 2.40. The van der Waals surface area contributed by atoms with E-state index < -0.39 is 0 Å². The van der Waals surface area contributed by atoms with E-state index >= 15 is 0 Å². The highest BCUT2D eigenvalue weighted by Crippen LogP contribution is 2.34. The van der Waals surface area contributed by atoms with Crippen LogP contribution < -0.4 is 10.6 Å². The largest absolute Gasteiger partial charge is 0.369 e. The summed E-state index contributed by atoms with van der Waals surface area (Å²) in [6.07, 6.45) is 6.51. The van der Waals surface area contributed by atoms with E-state index in [4.69, 9.17) is 0 Å². The molecule has 0 aliphatic heterocycles. The van der Waals surface area contributed by atoms with Gasteiger partial charge >= 0.3 is 0 Å². The standard InChI is InChI=1S/C15H22N4S/c1-3-11-9-12-13(17-8-4-5-10-6-7-10)18-15(16-2)19-14(12)20-11/h9-10H,3-8H2,1-2H3,(H2,16,17,18,19). The predicted octanol–water partition coefficient (Wildman–Crippen LogP) is 3.90. The van der Waals surface area contributed by atoms with Crippen LogP contribution >= 0.6 is 11.3 Å². The van der Waals surface area contributed by atoms with Crippen molar-refractivity contribution in [2.45, 2.75) is 39.0 Å². The summed E-state index contributed by atoms with van der Waals surface area (Å²) in [6.45, 7) is 3.18. The Morgan fingerprint density at radius 2 is 2.20 bits per heavy atom. The number of fused-ring (bicyclic) bond motifs is 1. The molecule has 2 N–H and O–H groups in total. The SMILES string of the molecule is CCc1cc2c(NCCCC3CC3)nc(NC)nc2s1. The van der Waals surface area contributed by atoms with E-state index in [1.54, 1.807) is 11.3 Å². The van der Waals surface area contributed by atoms with Crippen LogP contribution in [-0.4, -0.2) is 23.6 Å². The first kappa shape index (κ1) is 13.6. The zero-order valence-corrected chi connectivity index (χ0v) is 13.0. The van der Waals surface area contributed by atoms with E-state index in [2.05, 4.69) is 33.6 Å². The first-order valence-corrected chi connectivity index (χ1v) is 8.34. The van der Waals surface area contributed by atoms with Gasteiger partial charge in [-0.1, -0.05) is 19.8 Å². The molecule has 2 aromatic rings. The van der Waals surface area contributed by atoms with Crippen molar-refractivity contribution in [3.8, 4) is 0 Å². The van der Waals surface area contributed by atoms with E-state index in [1.807, 2.05) is 7.05 Å². The molecule has 2 heterocycles. The topological polar surface area (TPSA) is 49.8 Å². The third-order valence-electron chi connectivity index (χ3n) is 3.79. The Kier molecular flexibility index (Phi) is 4.05. The van der Waals surface area contributed by atoms with Gasteiger partial charge in [0.1, 0.15) is 10.6 Å². The number of hydrogen-bond donors (Lipinski definition) is 2. The summed E-state index contributed by atoms with van der Waals surface area (Å²) in [5.41, 5.74) is 0. The average Bonchev–Trinajstić information content (AvgIpc) is 3.20. The van der Waals surface area contributed by atoms with E-state index in [9.17, 15) is 0 Å². The Hall–Kier alpha value is -1.36. The van der Waals surface area contributed by atoms with Crippen LogP contribution in [0.5, 0.6) is 0 Å². The second kappa shape index (κ2) is 5.95. The maximum Gasteiger partial charge on any atom is 0.225 e. The number of hydrogen-bond acceptors (Lipinski definition) is 5. The molecule has 0 aromatic carbocycles. The summed E-state index contributed by atoms with van der Waals surface area (Å²) < 4.78 is 0. The molecule has 1 aliphatic carbocycles. The van der Waals surface area contributed by atoms with Crippen LogP contribution in [0.4, 0.5) is 11.8 Å². The van der Waals surface area contributed by atoms with Crippen LogP contribution in [0.15, 0.2) is 6.07 Å². The van der Waals surface area contributed by atoms with Crippen molar-refractivity contribution in [2.24, 2.45) is 5.92 Å². The number of aromatic nitrogens is 2. The van der Waals surface area contributed by atoms with Gasteiger partial charge in [-0.15, -0.1) is 11.3 Å². The van der Waals surface area contributed by atoms with Crippen molar-refractivity contribution in [3.05, 3.63) is 10.9 Å². The molecule has 1 fully saturated rings. The minimum Gasteiger partial charge on any atom is -0.369 e. The molecule has 0 radical (unpaired) electrons. The lowest BCUT2D eigenvalue weighted by atomic mass is 10.2. The molecule has 108 valence electrons. The molecule has 1 saturated carbocycles. The summed E-state index contributed by atoms with van der Waals surface area (Å²) in [5, 5.41) is 7.71. The monoisotopic (exact) mass is 290 g/mol. The molecule has 2 aromatic heterocycles. The van der Waals surface area contributed by atoms with E-state index in [-0.39, 0.29) is 0 Å². The Labute approximate surface area is 124 Å². The summed E-state index contributed by atoms with van der Waals surface area (Å²) in [7, 11) is 1.87. The predicted molar refractivity (Wildman–Crippen MR) is 86.8 cm³/mol. The Balaban J connectivity index is 1.76. The van der Waals surface area contributed by atoms with E-state index in [0.717, 1.165) is 34.9 Å². The normalized spacial score (nSPS) is 14.7. The van der Waals surface area contributed by atoms with Crippen molar-refractivity contribution in [1.29, 1.82) is 0 Å². The first-order chi connectivity index (χ1) is 9.80. The minimum absolute atomic E-state index is 0.701. The number of rotatable bonds is 7. The zero-order chi connectivity index (χ0) is 13.9. The molecule has 3 rings (SSSR count). The Morgan fingerprint density at radius 1 is 1.35 bits per heavy atom. The molecule has 1 aliphatic rings. The van der Waals surface area contributed by atoms with Crippen molar-refractivity contribution in [3.63, 3.8) is 0 Å². The number of thiophene rings is 1. The molecule has 0 bridgehead atoms. The van der Waals surface area contributed by atoms with Crippen LogP contribution in [0.25, 0.3) is 10.2 Å². The highest BCUT2D eigenvalue weighted by Gasteiger charge is 2.20. The maximum absolute atomic E-state index is 4.57. The van der Waals surface area contributed by atoms with Crippen molar-refractivity contribution >= 4 is 33.3 Å². The third kappa shape index (κ3) is 3.03. The van der Waals surface area contributed by atoms with E-state index in [1.165, 1.54) is 30.6 Å². The van der Waals surface area contributed by atoms with Gasteiger partial charge in [0.05, 0.1) is 5.39 Å². The summed E-state index contributed by atoms with van der Waals surface area (Å²) in [4.78, 5) is 11.6. The molecular weight excluding hydrogens is 268 g/mol. The van der Waals surface area contributed by atoms with Gasteiger partial charge in [0, 0.05) is 18.5 Å². The lowest BCUT2D eigenvalue weighted by Gasteiger charge is -2.08. The van der Waals surface area contributed by atoms with Gasteiger partial charge < -0.3 is 10.6 Å². The smallest absolute Gasteiger partial charge is 0.225 e. The van der Waals surface area contributed by atoms with Crippen molar-refractivity contribution in [2.75, 3.05) is 24.2 Å². The molecule has 0 atom stereocenters. The second-order valence-electron chi connectivity index (χ2n) is 5.44. The minimum atomic E-state index is 0.701. The van der Waals surface area contributed by atoms with Gasteiger partial charge in [0.25, 0.3) is 0 Å². The van der Waals surface area contributed by atoms with Crippen molar-refractivity contribution in [1.82, 2.24) is 9.97 Å². The van der Waals surface area contributed by atoms with Crippen LogP contribution in [0.3, 0.4) is 0 Å². The number of anilines is 2. The highest BCUT2D eigenvalue weighted by atomic mass is 32.1. The fourth-order valence-corrected chi connectivity index (χ4v) is 3.36. The van der Waals surface area contributed by atoms with Gasteiger partial charge in [0.2, 0.25) is 5.95 Å². The van der Waals surface area contributed by atoms with Gasteiger partial charge in [-0.25, -0.2) is 4.98 Å². The van der Waals surface area contributed by atoms with Gasteiger partial charge in [-0.05, 0) is 31.2 Å². The highest BCUT2D eigenvalue weighted by molar-refractivity contribution is 7.18. The molecule has 5 heteroatoms. The molecule has 0 unspecified atom stereocenters. The Bertz CT molecular complexity index is 589. The Morgan fingerprint density at radius 3 is 2.90 bits per heavy atom. The second-order valence-corrected chi connectivity index (χ2v) is 6.56. The molecule has 0 spiro atoms. The molecule has 4 nitrogen and oxygen atoms in total. The molecular formula is C15H22N4S. The van der Waals surface area contributed by atoms with Gasteiger partial charge in [0.15, 0.2) is 0 Å². The van der Waals surface area contributed by atoms with Crippen LogP contribution in [0.2, 0.25) is 0 Å². The van der Waals surface area contributed by atoms with Crippen LogP contribution in [0.1, 0.15) is 37.5 Å². The van der Waals surface area contributed by atoms with E-state index in [0.29, 0.717) is 5.95 Å². The summed E-state index contributed by atoms with van der Waals surface area (Å²) >= 11 is 1.76. The summed E-state index contributed by atoms with van der Waals surface area (Å²) in [6, 6.07) is 2.22. The van der Waals surface area contributed by atoms with Crippen LogP contribution in [0, 0.1) is 5.92 Å². The first-order valence-electron chi connectivity index (χ1n) is 7.52. The summed E-state index contributed by atoms with van der Waals surface area (Å²) in [5.74, 6) is 2.68. The fraction of sp³-hybridized carbons (Fsp3) is 0.600. The average molecular weight is 290 g/mol. The number of nitrogens with one attached hydrogen (secondary N) is 2. The van der Waals surface area contributed by atoms with Gasteiger partial charge in [-0.2, -0.15) is 4.98 Å². The number of nitrogens with zero attached hydrogens (tertiary/aromatic N) is 2. The quantitative estimate of drug-likeness (QED) is 0.759. The van der Waals surface area contributed by atoms with Crippen LogP contribution in [-0.2, 0) is 6.42 Å². The molecule has 20 heavy (non-hydrogen) atoms.